The monoisotopic (exact) mass is 1220 g/mol. The molecule has 0 bridgehead atoms. The van der Waals surface area contributed by atoms with Crippen LogP contribution in [0.5, 0.6) is 0 Å². The largest absolute Gasteiger partial charge is 0.459 e. The summed E-state index contributed by atoms with van der Waals surface area (Å²) >= 11 is 0. The summed E-state index contributed by atoms with van der Waals surface area (Å²) in [4.78, 5) is 30.1. The van der Waals surface area contributed by atoms with Gasteiger partial charge in [0.2, 0.25) is 0 Å². The number of esters is 1. The summed E-state index contributed by atoms with van der Waals surface area (Å²) < 4.78 is 67.6. The van der Waals surface area contributed by atoms with Gasteiger partial charge in [0.1, 0.15) is 59.7 Å². The molecule has 15 N–H and O–H groups in total. The van der Waals surface area contributed by atoms with Gasteiger partial charge in [-0.2, -0.15) is 0 Å². The molecular weight excluding hydrogens is 1110 g/mol. The summed E-state index contributed by atoms with van der Waals surface area (Å²) in [6.45, 7) is 20.6. The number of aliphatic hydroxyl groups is 7. The Morgan fingerprint density at radius 2 is 1.31 bits per heavy atom. The zero-order valence-corrected chi connectivity index (χ0v) is 53.9. The summed E-state index contributed by atoms with van der Waals surface area (Å²) in [6, 6.07) is -2.39. The van der Waals surface area contributed by atoms with Crippen LogP contribution in [0.15, 0.2) is 0 Å². The van der Waals surface area contributed by atoms with Crippen molar-refractivity contribution in [1.82, 2.24) is 15.5 Å². The van der Waals surface area contributed by atoms with E-state index in [1.807, 2.05) is 46.8 Å². The Balaban J connectivity index is 0.000000343. The first-order chi connectivity index (χ1) is 39.5. The number of ketones is 1. The second kappa shape index (κ2) is 30.6. The Bertz CT molecular complexity index is 2090. The van der Waals surface area contributed by atoms with Crippen molar-refractivity contribution >= 4 is 11.8 Å². The maximum atomic E-state index is 14.2. The molecule has 6 aliphatic rings. The van der Waals surface area contributed by atoms with E-state index in [2.05, 4.69) is 10.6 Å². The van der Waals surface area contributed by atoms with Gasteiger partial charge in [0.15, 0.2) is 25.2 Å². The minimum atomic E-state index is -1.96. The number of Topliss-reactive ketones (excluding diaryl/α,β-unsaturated/α-hetero) is 1. The summed E-state index contributed by atoms with van der Waals surface area (Å²) in [6.07, 6.45) is -13.0. The minimum absolute atomic E-state index is 0.0620. The molecule has 85 heavy (non-hydrogen) atoms. The lowest BCUT2D eigenvalue weighted by molar-refractivity contribution is -0.319. The Hall–Kier alpha value is -1.78. The van der Waals surface area contributed by atoms with Gasteiger partial charge in [0.25, 0.3) is 0 Å². The number of nitrogens with zero attached hydrogens (tertiary/aromatic N) is 1. The predicted octanol–water partition coefficient (Wildman–Crippen LogP) is -0.888. The van der Waals surface area contributed by atoms with Crippen molar-refractivity contribution in [3.8, 4) is 0 Å². The third-order valence-corrected chi connectivity index (χ3v) is 19.5. The van der Waals surface area contributed by atoms with Crippen LogP contribution in [-0.2, 0) is 61.7 Å². The Kier molecular flexibility index (Phi) is 26.6. The molecule has 0 spiro atoms. The molecule has 0 aromatic carbocycles. The fraction of sp³-hybridized carbons (Fsp3) is 0.966. The lowest BCUT2D eigenvalue weighted by Gasteiger charge is -2.50. The van der Waals surface area contributed by atoms with Crippen LogP contribution in [0.4, 0.5) is 0 Å². The minimum Gasteiger partial charge on any atom is -0.459 e. The van der Waals surface area contributed by atoms with Gasteiger partial charge in [-0.05, 0) is 122 Å². The number of methoxy groups -OCH3 is 2. The van der Waals surface area contributed by atoms with Gasteiger partial charge < -0.3 is 121 Å². The molecule has 498 valence electrons. The van der Waals surface area contributed by atoms with Gasteiger partial charge in [-0.1, -0.05) is 27.7 Å². The third-order valence-electron chi connectivity index (χ3n) is 19.5. The molecule has 31 atom stereocenters. The number of nitrogens with two attached hydrogens (primary N) is 3. The average molecular weight is 1230 g/mol. The van der Waals surface area contributed by atoms with Crippen LogP contribution in [0.3, 0.4) is 0 Å². The molecule has 21 unspecified atom stereocenters. The lowest BCUT2D eigenvalue weighted by atomic mass is 9.74. The molecule has 26 heteroatoms. The van der Waals surface area contributed by atoms with Crippen molar-refractivity contribution in [3.63, 3.8) is 0 Å². The highest BCUT2D eigenvalue weighted by Gasteiger charge is 2.56. The van der Waals surface area contributed by atoms with Crippen LogP contribution in [0, 0.1) is 23.7 Å². The van der Waals surface area contributed by atoms with E-state index >= 15 is 0 Å². The molecule has 5 aliphatic heterocycles. The van der Waals surface area contributed by atoms with E-state index in [1.165, 1.54) is 21.1 Å². The van der Waals surface area contributed by atoms with Crippen molar-refractivity contribution in [1.29, 1.82) is 0 Å². The van der Waals surface area contributed by atoms with E-state index in [1.54, 1.807) is 62.4 Å². The lowest BCUT2D eigenvalue weighted by Crippen LogP contribution is -2.68. The second-order valence-corrected chi connectivity index (χ2v) is 26.5. The van der Waals surface area contributed by atoms with E-state index in [9.17, 15) is 45.3 Å². The van der Waals surface area contributed by atoms with Crippen molar-refractivity contribution < 1.29 is 97.4 Å². The molecule has 0 aromatic heterocycles. The van der Waals surface area contributed by atoms with E-state index in [-0.39, 0.29) is 62.0 Å². The maximum absolute atomic E-state index is 14.2. The first-order valence-electron chi connectivity index (χ1n) is 30.7. The molecule has 0 radical (unpaired) electrons. The third kappa shape index (κ3) is 16.8. The van der Waals surface area contributed by atoms with Crippen LogP contribution in [0.1, 0.15) is 128 Å². The highest BCUT2D eigenvalue weighted by atomic mass is 16.7. The number of cyclic esters (lactones) is 1. The van der Waals surface area contributed by atoms with Crippen LogP contribution in [0.25, 0.3) is 0 Å². The number of nitrogens with one attached hydrogen (secondary N) is 2. The normalized spacial score (nSPS) is 49.5. The number of carbonyl (C=O) groups is 2. The maximum Gasteiger partial charge on any atom is 0.311 e. The first-order valence-corrected chi connectivity index (χ1v) is 30.7. The Morgan fingerprint density at radius 3 is 1.86 bits per heavy atom. The van der Waals surface area contributed by atoms with Gasteiger partial charge in [0, 0.05) is 62.6 Å². The van der Waals surface area contributed by atoms with E-state index in [0.29, 0.717) is 19.3 Å². The molecular formula is C59H112N6O20. The standard InChI is InChI=1S/C38H69NO13.C21H43N5O7/c1-15-26-38(10,45)31(42)21(4)28(40)19(2)17-37(9,47-14)33(52-35-29(41)25(39(11)12)16-20(3)48-35)22(5)30(23(6)34(44)50-26)51-27-18-36(8,46-13)32(43)24(7)49-27;1-9(25-3)13-6-5-10(22)19(31-13)32-16-11(23)7-12(24)17(14(16)27)33-20-15(28)18(26-4)21(2,29)8-30-20/h19-27,29-33,35,41-43,45H,15-18H2,1-14H3;9-20,25-29H,5-8,22-24H2,1-4H3/t19-,20?,21+,22+,23-,24?,25?,26-,27?,29?,30+,31-,32?,33-,35?,36?,37-,38-;/m1./s1. The number of aliphatic hydroxyl groups excluding tert-OH is 5. The molecule has 1 saturated carbocycles. The number of likely N-dealkylation sites (N-methyl/N-ethyl adjacent to an activating group) is 3. The highest BCUT2D eigenvalue weighted by molar-refractivity contribution is 5.83. The molecule has 5 saturated heterocycles. The molecule has 1 aliphatic carbocycles. The average Bonchev–Trinajstić information content (AvgIpc) is 1.72. The fourth-order valence-corrected chi connectivity index (χ4v) is 13.6. The van der Waals surface area contributed by atoms with Gasteiger partial charge in [-0.15, -0.1) is 0 Å². The van der Waals surface area contributed by atoms with Crippen molar-refractivity contribution in [2.45, 2.75) is 291 Å². The van der Waals surface area contributed by atoms with Crippen LogP contribution in [-0.4, -0.2) is 265 Å². The van der Waals surface area contributed by atoms with Gasteiger partial charge in [0.05, 0.1) is 72.4 Å². The topological polar surface area (TPSA) is 383 Å². The van der Waals surface area contributed by atoms with E-state index < -0.39 is 162 Å². The predicted molar refractivity (Wildman–Crippen MR) is 311 cm³/mol. The number of rotatable bonds is 15. The fourth-order valence-electron chi connectivity index (χ4n) is 13.6. The van der Waals surface area contributed by atoms with Crippen LogP contribution >= 0.6 is 0 Å². The van der Waals surface area contributed by atoms with Crippen molar-refractivity contribution in [2.75, 3.05) is 49.0 Å². The summed E-state index contributed by atoms with van der Waals surface area (Å²) in [5, 5.41) is 83.9. The number of hydrogen-bond acceptors (Lipinski definition) is 26. The van der Waals surface area contributed by atoms with Gasteiger partial charge >= 0.3 is 5.97 Å². The van der Waals surface area contributed by atoms with Crippen LogP contribution in [0.2, 0.25) is 0 Å². The van der Waals surface area contributed by atoms with E-state index in [0.717, 1.165) is 6.42 Å². The number of hydrogen-bond donors (Lipinski definition) is 12. The summed E-state index contributed by atoms with van der Waals surface area (Å²) in [5.41, 5.74) is 13.3. The number of carbonyl (C=O) groups excluding carboxylic acids is 2. The SMILES string of the molecule is CC[C@H]1OC(=O)[C@H](C)[C@@H](OC2CC(C)(OC)C(O)C(C)O2)[C@H](C)[C@@H](OC2OC(C)CC(N(C)C)C2O)[C@](C)(OC)C[C@@H](C)C(=O)[C@H](C)[C@@H](O)[C@]1(C)O.CNC(C)C1CCC(N)C(OC2C(N)CC(N)C(OC3OCC(C)(O)C(NC)C3O)C2O)O1. The highest BCUT2D eigenvalue weighted by Crippen LogP contribution is 2.42. The number of ether oxygens (including phenoxy) is 11. The van der Waals surface area contributed by atoms with E-state index in [4.69, 9.17) is 69.3 Å². The zero-order chi connectivity index (χ0) is 64.2. The molecule has 6 fully saturated rings. The first kappa shape index (κ1) is 74.0. The summed E-state index contributed by atoms with van der Waals surface area (Å²) in [5.74, 6) is -4.47. The summed E-state index contributed by atoms with van der Waals surface area (Å²) in [7, 11) is 10.3. The molecule has 5 heterocycles. The van der Waals surface area contributed by atoms with Gasteiger partial charge in [-0.25, -0.2) is 0 Å². The van der Waals surface area contributed by atoms with Crippen molar-refractivity contribution in [3.05, 3.63) is 0 Å². The molecule has 0 amide bonds. The zero-order valence-electron chi connectivity index (χ0n) is 53.9. The molecule has 0 aromatic rings. The van der Waals surface area contributed by atoms with Crippen LogP contribution < -0.4 is 27.8 Å². The quantitative estimate of drug-likeness (QED) is 0.0885. The molecule has 26 nitrogen and oxygen atoms in total. The second-order valence-electron chi connectivity index (χ2n) is 26.5. The Morgan fingerprint density at radius 1 is 0.706 bits per heavy atom. The Labute approximate surface area is 504 Å². The van der Waals surface area contributed by atoms with Crippen molar-refractivity contribution in [2.24, 2.45) is 40.9 Å². The van der Waals surface area contributed by atoms with Gasteiger partial charge in [-0.3, -0.25) is 9.59 Å². The molecule has 6 rings (SSSR count). The smallest absolute Gasteiger partial charge is 0.311 e.